The molecule has 0 radical (unpaired) electrons. The summed E-state index contributed by atoms with van der Waals surface area (Å²) in [4.78, 5) is 4.00. The first-order chi connectivity index (χ1) is 9.72. The van der Waals surface area contributed by atoms with Crippen LogP contribution in [0.5, 0.6) is 0 Å². The van der Waals surface area contributed by atoms with Crippen LogP contribution in [0.3, 0.4) is 0 Å². The summed E-state index contributed by atoms with van der Waals surface area (Å²) in [5, 5.41) is 3.95. The van der Waals surface area contributed by atoms with Crippen molar-refractivity contribution in [3.8, 4) is 0 Å². The summed E-state index contributed by atoms with van der Waals surface area (Å²) in [6.07, 6.45) is 4.33. The van der Waals surface area contributed by atoms with E-state index < -0.39 is 10.0 Å². The summed E-state index contributed by atoms with van der Waals surface area (Å²) in [7, 11) is -3.64. The van der Waals surface area contributed by atoms with E-state index in [0.717, 1.165) is 11.3 Å². The molecule has 0 atom stereocenters. The molecular weight excluding hydrogens is 358 g/mol. The van der Waals surface area contributed by atoms with Gasteiger partial charge in [-0.2, -0.15) is 0 Å². The zero-order valence-corrected chi connectivity index (χ0v) is 14.3. The van der Waals surface area contributed by atoms with Crippen LogP contribution in [-0.4, -0.2) is 18.6 Å². The van der Waals surface area contributed by atoms with Gasteiger partial charge in [0.25, 0.3) is 0 Å². The fraction of sp³-hybridized carbons (Fsp3) is 0.385. The summed E-state index contributed by atoms with van der Waals surface area (Å²) in [5.41, 5.74) is 1.24. The Bertz CT molecular complexity index is 735. The maximum absolute atomic E-state index is 12.3. The van der Waals surface area contributed by atoms with Gasteiger partial charge < -0.3 is 4.52 Å². The Balaban J connectivity index is 2.21. The molecule has 6 nitrogen and oxygen atoms in total. The topological polar surface area (TPSA) is 85.1 Å². The molecule has 0 aromatic carbocycles. The van der Waals surface area contributed by atoms with Gasteiger partial charge in [0, 0.05) is 29.9 Å². The predicted molar refractivity (Wildman–Crippen MR) is 81.2 cm³/mol. The Morgan fingerprint density at radius 3 is 2.71 bits per heavy atom. The summed E-state index contributed by atoms with van der Waals surface area (Å²) in [6.45, 7) is 6.08. The van der Waals surface area contributed by atoms with Gasteiger partial charge in [0.2, 0.25) is 10.0 Å². The molecule has 0 saturated carbocycles. The van der Waals surface area contributed by atoms with Crippen LogP contribution in [-0.2, 0) is 22.0 Å². The molecule has 2 heterocycles. The summed E-state index contributed by atoms with van der Waals surface area (Å²) in [6, 6.07) is 1.44. The van der Waals surface area contributed by atoms with Crippen molar-refractivity contribution in [2.45, 2.75) is 37.6 Å². The smallest absolute Gasteiger partial charge is 0.242 e. The summed E-state index contributed by atoms with van der Waals surface area (Å²) >= 11 is 3.18. The van der Waals surface area contributed by atoms with Crippen LogP contribution in [0.25, 0.3) is 0 Å². The van der Waals surface area contributed by atoms with Gasteiger partial charge in [-0.1, -0.05) is 25.9 Å². The Morgan fingerprint density at radius 1 is 1.38 bits per heavy atom. The highest BCUT2D eigenvalue weighted by atomic mass is 79.9. The lowest BCUT2D eigenvalue weighted by atomic mass is 9.90. The van der Waals surface area contributed by atoms with Gasteiger partial charge in [0.15, 0.2) is 0 Å². The number of rotatable bonds is 4. The first-order valence-electron chi connectivity index (χ1n) is 6.25. The normalized spacial score (nSPS) is 12.6. The SMILES string of the molecule is CC(C)(C)c1nocc1CNS(=O)(=O)c1ccncc1Br. The molecule has 21 heavy (non-hydrogen) atoms. The summed E-state index contributed by atoms with van der Waals surface area (Å²) < 4.78 is 32.5. The quantitative estimate of drug-likeness (QED) is 0.889. The Kier molecular flexibility index (Phi) is 4.50. The van der Waals surface area contributed by atoms with Gasteiger partial charge in [0.05, 0.1) is 15.1 Å². The van der Waals surface area contributed by atoms with Crippen LogP contribution in [0.4, 0.5) is 0 Å². The average molecular weight is 374 g/mol. The third-order valence-corrected chi connectivity index (χ3v) is 5.18. The third-order valence-electron chi connectivity index (χ3n) is 2.83. The van der Waals surface area contributed by atoms with E-state index in [2.05, 4.69) is 30.8 Å². The Morgan fingerprint density at radius 2 is 2.10 bits per heavy atom. The van der Waals surface area contributed by atoms with Crippen molar-refractivity contribution in [2.75, 3.05) is 0 Å². The molecule has 0 fully saturated rings. The molecule has 0 aliphatic rings. The van der Waals surface area contributed by atoms with Crippen LogP contribution < -0.4 is 4.72 Å². The molecule has 0 bridgehead atoms. The lowest BCUT2D eigenvalue weighted by Gasteiger charge is -2.16. The van der Waals surface area contributed by atoms with E-state index in [-0.39, 0.29) is 16.9 Å². The van der Waals surface area contributed by atoms with Crippen LogP contribution in [0.1, 0.15) is 32.0 Å². The van der Waals surface area contributed by atoms with E-state index in [1.807, 2.05) is 20.8 Å². The zero-order chi connectivity index (χ0) is 15.7. The third kappa shape index (κ3) is 3.69. The van der Waals surface area contributed by atoms with Gasteiger partial charge in [0.1, 0.15) is 6.26 Å². The van der Waals surface area contributed by atoms with Gasteiger partial charge in [-0.15, -0.1) is 0 Å². The first-order valence-corrected chi connectivity index (χ1v) is 8.52. The number of hydrogen-bond acceptors (Lipinski definition) is 5. The highest BCUT2D eigenvalue weighted by molar-refractivity contribution is 9.10. The second kappa shape index (κ2) is 5.86. The number of nitrogens with one attached hydrogen (secondary N) is 1. The van der Waals surface area contributed by atoms with Gasteiger partial charge in [-0.05, 0) is 22.0 Å². The van der Waals surface area contributed by atoms with Crippen LogP contribution in [0.2, 0.25) is 0 Å². The molecule has 0 aliphatic carbocycles. The van der Waals surface area contributed by atoms with Crippen molar-refractivity contribution < 1.29 is 12.9 Å². The summed E-state index contributed by atoms with van der Waals surface area (Å²) in [5.74, 6) is 0. The van der Waals surface area contributed by atoms with Crippen LogP contribution in [0.15, 0.2) is 38.6 Å². The van der Waals surface area contributed by atoms with Crippen LogP contribution in [0, 0.1) is 0 Å². The van der Waals surface area contributed by atoms with E-state index in [9.17, 15) is 8.42 Å². The molecule has 8 heteroatoms. The molecule has 0 aliphatic heterocycles. The number of hydrogen-bond donors (Lipinski definition) is 1. The van der Waals surface area contributed by atoms with E-state index in [0.29, 0.717) is 4.47 Å². The molecule has 0 saturated heterocycles. The molecule has 0 unspecified atom stereocenters. The number of halogens is 1. The van der Waals surface area contributed by atoms with E-state index >= 15 is 0 Å². The maximum Gasteiger partial charge on any atom is 0.242 e. The molecule has 2 aromatic heterocycles. The second-order valence-corrected chi connectivity index (χ2v) is 8.16. The highest BCUT2D eigenvalue weighted by Gasteiger charge is 2.24. The fourth-order valence-corrected chi connectivity index (χ4v) is 3.77. The van der Waals surface area contributed by atoms with Gasteiger partial charge >= 0.3 is 0 Å². The monoisotopic (exact) mass is 373 g/mol. The molecule has 2 rings (SSSR count). The van der Waals surface area contributed by atoms with Crippen molar-refractivity contribution in [1.82, 2.24) is 14.9 Å². The van der Waals surface area contributed by atoms with E-state index in [1.54, 1.807) is 0 Å². The van der Waals surface area contributed by atoms with Crippen molar-refractivity contribution in [3.63, 3.8) is 0 Å². The molecule has 0 spiro atoms. The standard InChI is InChI=1S/C13H16BrN3O3S/c1-13(2,3)12-9(8-20-17-12)6-16-21(18,19)11-4-5-15-7-10(11)14/h4-5,7-8,16H,6H2,1-3H3. The van der Waals surface area contributed by atoms with Crippen molar-refractivity contribution in [1.29, 1.82) is 0 Å². The average Bonchev–Trinajstić information content (AvgIpc) is 2.85. The molecule has 1 N–H and O–H groups in total. The second-order valence-electron chi connectivity index (χ2n) is 5.57. The van der Waals surface area contributed by atoms with Crippen LogP contribution >= 0.6 is 15.9 Å². The highest BCUT2D eigenvalue weighted by Crippen LogP contribution is 2.25. The minimum atomic E-state index is -3.64. The largest absolute Gasteiger partial charge is 0.364 e. The first kappa shape index (κ1) is 16.1. The Labute approximate surface area is 132 Å². The minimum Gasteiger partial charge on any atom is -0.364 e. The van der Waals surface area contributed by atoms with E-state index in [4.69, 9.17) is 4.52 Å². The lowest BCUT2D eigenvalue weighted by Crippen LogP contribution is -2.25. The van der Waals surface area contributed by atoms with E-state index in [1.165, 1.54) is 24.7 Å². The molecule has 2 aromatic rings. The van der Waals surface area contributed by atoms with Crippen molar-refractivity contribution in [2.24, 2.45) is 0 Å². The molecular formula is C13H16BrN3O3S. The lowest BCUT2D eigenvalue weighted by molar-refractivity contribution is 0.393. The minimum absolute atomic E-state index is 0.118. The predicted octanol–water partition coefficient (Wildman–Crippen LogP) is 2.61. The van der Waals surface area contributed by atoms with Crippen molar-refractivity contribution in [3.05, 3.63) is 40.5 Å². The number of pyridine rings is 1. The fourth-order valence-electron chi connectivity index (χ4n) is 1.83. The Hall–Kier alpha value is -1.25. The van der Waals surface area contributed by atoms with Crippen molar-refractivity contribution >= 4 is 26.0 Å². The number of aromatic nitrogens is 2. The number of nitrogens with zero attached hydrogens (tertiary/aromatic N) is 2. The molecule has 114 valence electrons. The maximum atomic E-state index is 12.3. The molecule has 0 amide bonds. The number of sulfonamides is 1. The zero-order valence-electron chi connectivity index (χ0n) is 11.9. The van der Waals surface area contributed by atoms with Gasteiger partial charge in [-0.3, -0.25) is 4.98 Å². The van der Waals surface area contributed by atoms with Gasteiger partial charge in [-0.25, -0.2) is 13.1 Å².